The Morgan fingerprint density at radius 3 is 2.21 bits per heavy atom. The smallest absolute Gasteiger partial charge is 0.0175 e. The van der Waals surface area contributed by atoms with E-state index in [4.69, 9.17) is 0 Å². The number of rotatable bonds is 2. The third kappa shape index (κ3) is 2.92. The zero-order valence-electron chi connectivity index (χ0n) is 11.1. The minimum atomic E-state index is 0.758. The van der Waals surface area contributed by atoms with Crippen molar-refractivity contribution in [2.24, 2.45) is 0 Å². The van der Waals surface area contributed by atoms with Crippen LogP contribution in [0.1, 0.15) is 43.6 Å². The Kier molecular flexibility index (Phi) is 4.03. The molecule has 0 aromatic heterocycles. The lowest BCUT2D eigenvalue weighted by molar-refractivity contribution is 0.444. The fraction of sp³-hybridized carbons (Fsp3) is 0.333. The second kappa shape index (κ2) is 5.92. The van der Waals surface area contributed by atoms with E-state index < -0.39 is 0 Å². The molecule has 19 heavy (non-hydrogen) atoms. The maximum atomic E-state index is 3.51. The van der Waals surface area contributed by atoms with Crippen molar-refractivity contribution < 1.29 is 0 Å². The van der Waals surface area contributed by atoms with Crippen molar-refractivity contribution in [1.82, 2.24) is 0 Å². The first kappa shape index (κ1) is 12.9. The van der Waals surface area contributed by atoms with E-state index in [0.29, 0.717) is 0 Å². The quantitative estimate of drug-likeness (QED) is 0.622. The van der Waals surface area contributed by atoms with Gasteiger partial charge in [0, 0.05) is 4.47 Å². The van der Waals surface area contributed by atoms with Crippen LogP contribution in [0.15, 0.2) is 53.0 Å². The Morgan fingerprint density at radius 2 is 1.47 bits per heavy atom. The first-order valence-corrected chi connectivity index (χ1v) is 7.99. The zero-order chi connectivity index (χ0) is 13.1. The first-order valence-electron chi connectivity index (χ1n) is 7.19. The van der Waals surface area contributed by atoms with Crippen molar-refractivity contribution in [3.05, 3.63) is 58.6 Å². The van der Waals surface area contributed by atoms with E-state index in [1.807, 2.05) is 0 Å². The van der Waals surface area contributed by atoms with Gasteiger partial charge in [-0.15, -0.1) is 0 Å². The van der Waals surface area contributed by atoms with Gasteiger partial charge < -0.3 is 0 Å². The molecule has 2 aromatic carbocycles. The molecule has 1 saturated carbocycles. The summed E-state index contributed by atoms with van der Waals surface area (Å²) in [5.41, 5.74) is 4.30. The Balaban J connectivity index is 1.98. The van der Waals surface area contributed by atoms with Crippen LogP contribution in [0.2, 0.25) is 0 Å². The standard InChI is InChI=1S/C18H19Br/c19-16-12-10-15(11-13-16)18-9-5-4-8-17(18)14-6-2-1-3-7-14/h4-5,8-14H,1-3,6-7H2. The molecule has 0 amide bonds. The van der Waals surface area contributed by atoms with Crippen LogP contribution in [0.3, 0.4) is 0 Å². The van der Waals surface area contributed by atoms with Crippen molar-refractivity contribution in [2.45, 2.75) is 38.0 Å². The van der Waals surface area contributed by atoms with Gasteiger partial charge in [-0.1, -0.05) is 71.6 Å². The molecule has 0 unspecified atom stereocenters. The Morgan fingerprint density at radius 1 is 0.789 bits per heavy atom. The highest BCUT2D eigenvalue weighted by Crippen LogP contribution is 2.38. The summed E-state index contributed by atoms with van der Waals surface area (Å²) >= 11 is 3.51. The maximum absolute atomic E-state index is 3.51. The van der Waals surface area contributed by atoms with E-state index in [-0.39, 0.29) is 0 Å². The predicted octanol–water partition coefficient (Wildman–Crippen LogP) is 6.16. The molecular formula is C18H19Br. The third-order valence-electron chi connectivity index (χ3n) is 4.16. The molecule has 0 N–H and O–H groups in total. The molecule has 0 atom stereocenters. The topological polar surface area (TPSA) is 0 Å². The molecule has 0 bridgehead atoms. The van der Waals surface area contributed by atoms with Crippen LogP contribution in [0.4, 0.5) is 0 Å². The summed E-state index contributed by atoms with van der Waals surface area (Å²) in [7, 11) is 0. The molecule has 0 aliphatic heterocycles. The number of halogens is 1. The van der Waals surface area contributed by atoms with Crippen LogP contribution in [-0.4, -0.2) is 0 Å². The molecule has 0 spiro atoms. The molecule has 1 heteroatoms. The van der Waals surface area contributed by atoms with Crippen molar-refractivity contribution in [3.8, 4) is 11.1 Å². The van der Waals surface area contributed by atoms with Crippen LogP contribution in [0, 0.1) is 0 Å². The highest BCUT2D eigenvalue weighted by atomic mass is 79.9. The average Bonchev–Trinajstić information content (AvgIpc) is 2.49. The lowest BCUT2D eigenvalue weighted by Gasteiger charge is -2.24. The molecule has 1 aliphatic carbocycles. The summed E-state index contributed by atoms with van der Waals surface area (Å²) in [6.45, 7) is 0. The van der Waals surface area contributed by atoms with Crippen molar-refractivity contribution in [1.29, 1.82) is 0 Å². The molecule has 0 radical (unpaired) electrons. The molecule has 0 saturated heterocycles. The van der Waals surface area contributed by atoms with Crippen LogP contribution in [0.25, 0.3) is 11.1 Å². The summed E-state index contributed by atoms with van der Waals surface area (Å²) in [5, 5.41) is 0. The molecule has 1 fully saturated rings. The maximum Gasteiger partial charge on any atom is 0.0175 e. The van der Waals surface area contributed by atoms with Crippen molar-refractivity contribution >= 4 is 15.9 Å². The zero-order valence-corrected chi connectivity index (χ0v) is 12.7. The van der Waals surface area contributed by atoms with E-state index in [2.05, 4.69) is 64.5 Å². The Labute approximate surface area is 124 Å². The van der Waals surface area contributed by atoms with Gasteiger partial charge in [0.25, 0.3) is 0 Å². The Hall–Kier alpha value is -1.08. The second-order valence-electron chi connectivity index (χ2n) is 5.43. The van der Waals surface area contributed by atoms with Crippen LogP contribution >= 0.6 is 15.9 Å². The summed E-state index contributed by atoms with van der Waals surface area (Å²) in [5.74, 6) is 0.758. The van der Waals surface area contributed by atoms with Crippen LogP contribution in [0.5, 0.6) is 0 Å². The molecule has 0 nitrogen and oxygen atoms in total. The van der Waals surface area contributed by atoms with Gasteiger partial charge in [0.15, 0.2) is 0 Å². The van der Waals surface area contributed by atoms with E-state index in [0.717, 1.165) is 10.4 Å². The largest absolute Gasteiger partial charge is 0.0619 e. The first-order chi connectivity index (χ1) is 9.34. The van der Waals surface area contributed by atoms with E-state index in [1.165, 1.54) is 43.2 Å². The minimum absolute atomic E-state index is 0.758. The average molecular weight is 315 g/mol. The van der Waals surface area contributed by atoms with Crippen molar-refractivity contribution in [2.75, 3.05) is 0 Å². The molecular weight excluding hydrogens is 296 g/mol. The molecule has 98 valence electrons. The summed E-state index contributed by atoms with van der Waals surface area (Å²) in [6, 6.07) is 17.6. The van der Waals surface area contributed by atoms with Gasteiger partial charge in [-0.05, 0) is 47.6 Å². The highest BCUT2D eigenvalue weighted by molar-refractivity contribution is 9.10. The second-order valence-corrected chi connectivity index (χ2v) is 6.34. The van der Waals surface area contributed by atoms with Gasteiger partial charge in [-0.2, -0.15) is 0 Å². The molecule has 0 heterocycles. The number of hydrogen-bond donors (Lipinski definition) is 0. The van der Waals surface area contributed by atoms with Crippen LogP contribution < -0.4 is 0 Å². The van der Waals surface area contributed by atoms with Crippen molar-refractivity contribution in [3.63, 3.8) is 0 Å². The molecule has 1 aliphatic rings. The van der Waals surface area contributed by atoms with Gasteiger partial charge in [0.05, 0.1) is 0 Å². The molecule has 3 rings (SSSR count). The van der Waals surface area contributed by atoms with Gasteiger partial charge in [-0.25, -0.2) is 0 Å². The van der Waals surface area contributed by atoms with E-state index in [1.54, 1.807) is 5.56 Å². The molecule has 2 aromatic rings. The van der Waals surface area contributed by atoms with Gasteiger partial charge >= 0.3 is 0 Å². The van der Waals surface area contributed by atoms with Gasteiger partial charge in [0.2, 0.25) is 0 Å². The lowest BCUT2D eigenvalue weighted by atomic mass is 9.81. The third-order valence-corrected chi connectivity index (χ3v) is 4.69. The van der Waals surface area contributed by atoms with Gasteiger partial charge in [0.1, 0.15) is 0 Å². The fourth-order valence-corrected chi connectivity index (χ4v) is 3.42. The van der Waals surface area contributed by atoms with Gasteiger partial charge in [-0.3, -0.25) is 0 Å². The van der Waals surface area contributed by atoms with E-state index in [9.17, 15) is 0 Å². The SMILES string of the molecule is Brc1ccc(-c2ccccc2C2CCCCC2)cc1. The highest BCUT2D eigenvalue weighted by Gasteiger charge is 2.18. The number of benzene rings is 2. The fourth-order valence-electron chi connectivity index (χ4n) is 3.16. The number of hydrogen-bond acceptors (Lipinski definition) is 0. The summed E-state index contributed by atoms with van der Waals surface area (Å²) in [4.78, 5) is 0. The van der Waals surface area contributed by atoms with E-state index >= 15 is 0 Å². The minimum Gasteiger partial charge on any atom is -0.0619 e. The normalized spacial score (nSPS) is 16.5. The monoisotopic (exact) mass is 314 g/mol. The lowest BCUT2D eigenvalue weighted by Crippen LogP contribution is -2.05. The predicted molar refractivity (Wildman–Crippen MR) is 85.4 cm³/mol. The van der Waals surface area contributed by atoms with Crippen LogP contribution in [-0.2, 0) is 0 Å². The summed E-state index contributed by atoms with van der Waals surface area (Å²) < 4.78 is 1.14. The Bertz CT molecular complexity index is 536. The summed E-state index contributed by atoms with van der Waals surface area (Å²) in [6.07, 6.45) is 6.90.